The second-order valence-electron chi connectivity index (χ2n) is 6.78. The van der Waals surface area contributed by atoms with Gasteiger partial charge in [-0.3, -0.25) is 9.59 Å². The van der Waals surface area contributed by atoms with E-state index in [-0.39, 0.29) is 17.3 Å². The van der Waals surface area contributed by atoms with E-state index < -0.39 is 11.7 Å². The van der Waals surface area contributed by atoms with Crippen LogP contribution in [0.2, 0.25) is 0 Å². The molecule has 2 amide bonds. The molecule has 0 aliphatic heterocycles. The van der Waals surface area contributed by atoms with Crippen molar-refractivity contribution in [2.24, 2.45) is 0 Å². The molecular formula is C24H18FN3O2. The molecule has 6 heteroatoms. The topological polar surface area (TPSA) is 84.2 Å². The number of nitrogens with one attached hydrogen (secondary N) is 2. The van der Waals surface area contributed by atoms with Crippen LogP contribution in [0.3, 0.4) is 0 Å². The smallest absolute Gasteiger partial charge is 0.255 e. The molecule has 30 heavy (non-hydrogen) atoms. The predicted octanol–water partition coefficient (Wildman–Crippen LogP) is 5.07. The Morgan fingerprint density at radius 2 is 1.37 bits per heavy atom. The molecule has 0 saturated carbocycles. The summed E-state index contributed by atoms with van der Waals surface area (Å²) in [5.41, 5.74) is 7.67. The monoisotopic (exact) mass is 399 g/mol. The van der Waals surface area contributed by atoms with Crippen LogP contribution in [0.25, 0.3) is 10.8 Å². The molecule has 0 heterocycles. The van der Waals surface area contributed by atoms with Crippen LogP contribution in [0.15, 0.2) is 84.9 Å². The van der Waals surface area contributed by atoms with Gasteiger partial charge in [-0.2, -0.15) is 0 Å². The lowest BCUT2D eigenvalue weighted by Crippen LogP contribution is -2.14. The minimum Gasteiger partial charge on any atom is -0.397 e. The third-order valence-corrected chi connectivity index (χ3v) is 4.68. The zero-order valence-electron chi connectivity index (χ0n) is 15.9. The van der Waals surface area contributed by atoms with Crippen molar-refractivity contribution in [1.29, 1.82) is 0 Å². The normalized spacial score (nSPS) is 10.6. The first-order valence-electron chi connectivity index (χ1n) is 9.26. The van der Waals surface area contributed by atoms with Gasteiger partial charge in [0, 0.05) is 16.8 Å². The minimum absolute atomic E-state index is 0.202. The van der Waals surface area contributed by atoms with Gasteiger partial charge in [0.1, 0.15) is 5.82 Å². The molecular weight excluding hydrogens is 381 g/mol. The first-order chi connectivity index (χ1) is 14.5. The van der Waals surface area contributed by atoms with Crippen molar-refractivity contribution < 1.29 is 14.0 Å². The molecule has 0 fully saturated rings. The number of carbonyl (C=O) groups is 2. The number of anilines is 3. The predicted molar refractivity (Wildman–Crippen MR) is 117 cm³/mol. The number of rotatable bonds is 4. The Morgan fingerprint density at radius 3 is 2.13 bits per heavy atom. The van der Waals surface area contributed by atoms with Crippen LogP contribution in [0, 0.1) is 5.82 Å². The number of hydrogen-bond acceptors (Lipinski definition) is 3. The molecule has 5 nitrogen and oxygen atoms in total. The summed E-state index contributed by atoms with van der Waals surface area (Å²) in [7, 11) is 0. The van der Waals surface area contributed by atoms with Crippen LogP contribution in [-0.4, -0.2) is 11.8 Å². The Labute approximate surface area is 172 Å². The van der Waals surface area contributed by atoms with E-state index in [1.54, 1.807) is 30.3 Å². The molecule has 0 radical (unpaired) electrons. The quantitative estimate of drug-likeness (QED) is 0.419. The number of amides is 2. The summed E-state index contributed by atoms with van der Waals surface area (Å²) in [6.07, 6.45) is 0. The van der Waals surface area contributed by atoms with E-state index in [0.717, 1.165) is 16.8 Å². The number of fused-ring (bicyclic) bond motifs is 1. The Kier molecular flexibility index (Phi) is 5.13. The van der Waals surface area contributed by atoms with Crippen molar-refractivity contribution >= 4 is 39.6 Å². The summed E-state index contributed by atoms with van der Waals surface area (Å²) in [5, 5.41) is 7.43. The third kappa shape index (κ3) is 4.12. The van der Waals surface area contributed by atoms with Crippen molar-refractivity contribution in [2.45, 2.75) is 0 Å². The molecule has 4 aromatic carbocycles. The average Bonchev–Trinajstić information content (AvgIpc) is 2.76. The molecule has 0 saturated heterocycles. The van der Waals surface area contributed by atoms with Crippen molar-refractivity contribution in [3.8, 4) is 0 Å². The molecule has 0 bridgehead atoms. The maximum atomic E-state index is 13.4. The van der Waals surface area contributed by atoms with Crippen LogP contribution >= 0.6 is 0 Å². The maximum absolute atomic E-state index is 13.4. The molecule has 0 unspecified atom stereocenters. The Hall–Kier alpha value is -4.19. The summed E-state index contributed by atoms with van der Waals surface area (Å²) in [4.78, 5) is 24.9. The molecule has 0 aliphatic carbocycles. The minimum atomic E-state index is -0.494. The van der Waals surface area contributed by atoms with Gasteiger partial charge in [0.2, 0.25) is 0 Å². The van der Waals surface area contributed by atoms with Gasteiger partial charge in [-0.25, -0.2) is 4.39 Å². The number of benzene rings is 4. The summed E-state index contributed by atoms with van der Waals surface area (Å²) >= 11 is 0. The lowest BCUT2D eigenvalue weighted by Gasteiger charge is -2.10. The standard InChI is InChI=1S/C24H18FN3O2/c25-19-9-12-21(26)22(14-19)28-23(29)16-7-10-20(11-8-16)27-24(30)18-6-5-15-3-1-2-4-17(15)13-18/h1-14H,26H2,(H,27,30)(H,28,29). The van der Waals surface area contributed by atoms with E-state index in [1.165, 1.54) is 12.1 Å². The summed E-state index contributed by atoms with van der Waals surface area (Å²) in [6, 6.07) is 23.5. The van der Waals surface area contributed by atoms with Crippen LogP contribution < -0.4 is 16.4 Å². The number of carbonyl (C=O) groups excluding carboxylic acids is 2. The van der Waals surface area contributed by atoms with Gasteiger partial charge in [-0.05, 0) is 65.4 Å². The SMILES string of the molecule is Nc1ccc(F)cc1NC(=O)c1ccc(NC(=O)c2ccc3ccccc3c2)cc1. The van der Waals surface area contributed by atoms with Crippen molar-refractivity contribution in [1.82, 2.24) is 0 Å². The molecule has 0 aliphatic rings. The summed E-state index contributed by atoms with van der Waals surface area (Å²) < 4.78 is 13.4. The highest BCUT2D eigenvalue weighted by atomic mass is 19.1. The first-order valence-corrected chi connectivity index (χ1v) is 9.26. The van der Waals surface area contributed by atoms with E-state index in [4.69, 9.17) is 5.73 Å². The molecule has 0 aromatic heterocycles. The van der Waals surface area contributed by atoms with E-state index in [9.17, 15) is 14.0 Å². The highest BCUT2D eigenvalue weighted by Gasteiger charge is 2.11. The molecule has 0 spiro atoms. The largest absolute Gasteiger partial charge is 0.397 e. The molecule has 4 aromatic rings. The summed E-state index contributed by atoms with van der Waals surface area (Å²) in [5.74, 6) is -1.17. The zero-order chi connectivity index (χ0) is 21.1. The zero-order valence-corrected chi connectivity index (χ0v) is 15.9. The second kappa shape index (κ2) is 8.05. The highest BCUT2D eigenvalue weighted by molar-refractivity contribution is 6.08. The van der Waals surface area contributed by atoms with E-state index in [1.807, 2.05) is 36.4 Å². The van der Waals surface area contributed by atoms with E-state index in [2.05, 4.69) is 10.6 Å². The second-order valence-corrected chi connectivity index (χ2v) is 6.78. The van der Waals surface area contributed by atoms with Gasteiger partial charge in [0.25, 0.3) is 11.8 Å². The molecule has 4 rings (SSSR count). The van der Waals surface area contributed by atoms with E-state index in [0.29, 0.717) is 16.8 Å². The third-order valence-electron chi connectivity index (χ3n) is 4.68. The van der Waals surface area contributed by atoms with Crippen molar-refractivity contribution in [2.75, 3.05) is 16.4 Å². The Bertz CT molecular complexity index is 1250. The number of nitrogens with two attached hydrogens (primary N) is 1. The van der Waals surface area contributed by atoms with Crippen molar-refractivity contribution in [3.05, 3.63) is 102 Å². The maximum Gasteiger partial charge on any atom is 0.255 e. The van der Waals surface area contributed by atoms with Crippen molar-refractivity contribution in [3.63, 3.8) is 0 Å². The van der Waals surface area contributed by atoms with Crippen LogP contribution in [-0.2, 0) is 0 Å². The number of halogens is 1. The number of hydrogen-bond donors (Lipinski definition) is 3. The van der Waals surface area contributed by atoms with Gasteiger partial charge in [-0.15, -0.1) is 0 Å². The summed E-state index contributed by atoms with van der Waals surface area (Å²) in [6.45, 7) is 0. The Morgan fingerprint density at radius 1 is 0.700 bits per heavy atom. The average molecular weight is 399 g/mol. The fourth-order valence-electron chi connectivity index (χ4n) is 3.07. The van der Waals surface area contributed by atoms with Gasteiger partial charge in [0.15, 0.2) is 0 Å². The van der Waals surface area contributed by atoms with E-state index >= 15 is 0 Å². The van der Waals surface area contributed by atoms with Gasteiger partial charge < -0.3 is 16.4 Å². The lowest BCUT2D eigenvalue weighted by molar-refractivity contribution is 0.102. The van der Waals surface area contributed by atoms with Crippen LogP contribution in [0.4, 0.5) is 21.5 Å². The van der Waals surface area contributed by atoms with Gasteiger partial charge in [-0.1, -0.05) is 30.3 Å². The molecule has 148 valence electrons. The lowest BCUT2D eigenvalue weighted by atomic mass is 10.1. The number of nitrogen functional groups attached to an aromatic ring is 1. The van der Waals surface area contributed by atoms with Gasteiger partial charge in [0.05, 0.1) is 11.4 Å². The molecule has 4 N–H and O–H groups in total. The Balaban J connectivity index is 1.45. The fourth-order valence-corrected chi connectivity index (χ4v) is 3.07. The first kappa shape index (κ1) is 19.1. The van der Waals surface area contributed by atoms with Crippen LogP contribution in [0.1, 0.15) is 20.7 Å². The highest BCUT2D eigenvalue weighted by Crippen LogP contribution is 2.21. The molecule has 0 atom stereocenters. The van der Waals surface area contributed by atoms with Crippen LogP contribution in [0.5, 0.6) is 0 Å². The fraction of sp³-hybridized carbons (Fsp3) is 0. The van der Waals surface area contributed by atoms with Gasteiger partial charge >= 0.3 is 0 Å².